The first-order chi connectivity index (χ1) is 12.1. The Kier molecular flexibility index (Phi) is 5.31. The van der Waals surface area contributed by atoms with E-state index in [4.69, 9.17) is 4.74 Å². The van der Waals surface area contributed by atoms with Gasteiger partial charge < -0.3 is 9.64 Å². The number of nitro groups is 1. The van der Waals surface area contributed by atoms with Crippen LogP contribution in [0.25, 0.3) is 0 Å². The van der Waals surface area contributed by atoms with E-state index in [1.54, 1.807) is 0 Å². The van der Waals surface area contributed by atoms with Crippen LogP contribution in [0.15, 0.2) is 18.2 Å². The average Bonchev–Trinajstić information content (AvgIpc) is 2.65. The number of carbonyl (C=O) groups excluding carboxylic acids is 2. The molecule has 2 aliphatic rings. The van der Waals surface area contributed by atoms with Gasteiger partial charge in [-0.1, -0.05) is 12.8 Å². The topological polar surface area (TPSA) is 89.8 Å². The summed E-state index contributed by atoms with van der Waals surface area (Å²) in [4.78, 5) is 35.8. The van der Waals surface area contributed by atoms with Gasteiger partial charge in [-0.3, -0.25) is 19.7 Å². The number of fused-ring (bicyclic) bond motifs is 1. The number of piperidine rings is 1. The van der Waals surface area contributed by atoms with Crippen molar-refractivity contribution < 1.29 is 19.2 Å². The largest absolute Gasteiger partial charge is 0.477 e. The molecule has 2 fully saturated rings. The zero-order valence-corrected chi connectivity index (χ0v) is 14.1. The van der Waals surface area contributed by atoms with Gasteiger partial charge in [-0.2, -0.15) is 0 Å². The summed E-state index contributed by atoms with van der Waals surface area (Å²) in [5.74, 6) is 0.471. The first-order valence-electron chi connectivity index (χ1n) is 8.76. The summed E-state index contributed by atoms with van der Waals surface area (Å²) < 4.78 is 5.44. The minimum absolute atomic E-state index is 0.0150. The van der Waals surface area contributed by atoms with Gasteiger partial charge in [0.05, 0.1) is 4.92 Å². The molecule has 2 atom stereocenters. The third kappa shape index (κ3) is 3.81. The van der Waals surface area contributed by atoms with Gasteiger partial charge in [0.15, 0.2) is 12.4 Å². The second-order valence-electron chi connectivity index (χ2n) is 6.73. The first kappa shape index (κ1) is 17.4. The molecular weight excluding hydrogens is 324 g/mol. The number of nitrogens with zero attached hydrogens (tertiary/aromatic N) is 2. The molecule has 1 aliphatic carbocycles. The number of carbonyl (C=O) groups is 2. The maximum absolute atomic E-state index is 12.6. The van der Waals surface area contributed by atoms with Crippen molar-refractivity contribution in [2.75, 3.05) is 13.2 Å². The monoisotopic (exact) mass is 346 g/mol. The quantitative estimate of drug-likeness (QED) is 0.464. The Morgan fingerprint density at radius 3 is 2.80 bits per heavy atom. The second kappa shape index (κ2) is 7.63. The van der Waals surface area contributed by atoms with Crippen LogP contribution in [0.1, 0.15) is 48.9 Å². The molecule has 134 valence electrons. The van der Waals surface area contributed by atoms with Crippen molar-refractivity contribution in [1.82, 2.24) is 4.90 Å². The highest BCUT2D eigenvalue weighted by molar-refractivity contribution is 5.79. The molecule has 0 aromatic heterocycles. The molecule has 0 spiro atoms. The minimum atomic E-state index is -0.606. The van der Waals surface area contributed by atoms with Gasteiger partial charge in [0.25, 0.3) is 5.91 Å². The van der Waals surface area contributed by atoms with Gasteiger partial charge in [0.1, 0.15) is 6.29 Å². The number of nitro benzene ring substituents is 1. The van der Waals surface area contributed by atoms with Crippen molar-refractivity contribution in [2.45, 2.75) is 44.6 Å². The number of likely N-dealkylation sites (tertiary alicyclic amines) is 1. The summed E-state index contributed by atoms with van der Waals surface area (Å²) >= 11 is 0. The van der Waals surface area contributed by atoms with E-state index < -0.39 is 4.92 Å². The Morgan fingerprint density at radius 1 is 1.28 bits per heavy atom. The zero-order valence-electron chi connectivity index (χ0n) is 14.1. The summed E-state index contributed by atoms with van der Waals surface area (Å²) in [6.07, 6.45) is 7.30. The minimum Gasteiger partial charge on any atom is -0.477 e. The third-order valence-electron chi connectivity index (χ3n) is 5.23. The smallest absolute Gasteiger partial charge is 0.311 e. The molecule has 1 aromatic rings. The average molecular weight is 346 g/mol. The predicted octanol–water partition coefficient (Wildman–Crippen LogP) is 2.97. The van der Waals surface area contributed by atoms with Gasteiger partial charge in [-0.05, 0) is 43.7 Å². The fraction of sp³-hybridized carbons (Fsp3) is 0.556. The maximum atomic E-state index is 12.6. The number of aldehydes is 1. The highest BCUT2D eigenvalue weighted by Gasteiger charge is 2.35. The molecule has 3 rings (SSSR count). The summed E-state index contributed by atoms with van der Waals surface area (Å²) in [5, 5.41) is 11.1. The fourth-order valence-electron chi connectivity index (χ4n) is 4.03. The van der Waals surface area contributed by atoms with Gasteiger partial charge in [-0.15, -0.1) is 0 Å². The Bertz CT molecular complexity index is 673. The molecule has 1 heterocycles. The van der Waals surface area contributed by atoms with Crippen LogP contribution in [0.3, 0.4) is 0 Å². The third-order valence-corrected chi connectivity index (χ3v) is 5.23. The Labute approximate surface area is 146 Å². The molecule has 0 bridgehead atoms. The van der Waals surface area contributed by atoms with Crippen LogP contribution in [-0.2, 0) is 4.79 Å². The van der Waals surface area contributed by atoms with E-state index in [1.165, 1.54) is 31.4 Å². The second-order valence-corrected chi connectivity index (χ2v) is 6.73. The molecule has 25 heavy (non-hydrogen) atoms. The molecule has 1 saturated heterocycles. The lowest BCUT2D eigenvalue weighted by Gasteiger charge is -2.44. The number of rotatable bonds is 5. The van der Waals surface area contributed by atoms with Crippen LogP contribution < -0.4 is 4.74 Å². The van der Waals surface area contributed by atoms with Crippen LogP contribution in [0, 0.1) is 16.0 Å². The van der Waals surface area contributed by atoms with Crippen LogP contribution in [-0.4, -0.2) is 41.2 Å². The molecule has 0 N–H and O–H groups in total. The first-order valence-corrected chi connectivity index (χ1v) is 8.76. The molecule has 7 heteroatoms. The number of benzene rings is 1. The van der Waals surface area contributed by atoms with Crippen LogP contribution >= 0.6 is 0 Å². The molecular formula is C18H22N2O5. The predicted molar refractivity (Wildman–Crippen MR) is 90.7 cm³/mol. The zero-order chi connectivity index (χ0) is 17.8. The lowest BCUT2D eigenvalue weighted by Crippen LogP contribution is -2.51. The summed E-state index contributed by atoms with van der Waals surface area (Å²) in [6, 6.07) is 4.25. The van der Waals surface area contributed by atoms with Crippen molar-refractivity contribution in [3.8, 4) is 5.75 Å². The molecule has 1 amide bonds. The molecule has 0 radical (unpaired) electrons. The van der Waals surface area contributed by atoms with E-state index in [9.17, 15) is 19.7 Å². The van der Waals surface area contributed by atoms with E-state index in [-0.39, 0.29) is 35.6 Å². The van der Waals surface area contributed by atoms with Crippen molar-refractivity contribution in [2.24, 2.45) is 5.92 Å². The van der Waals surface area contributed by atoms with Crippen molar-refractivity contribution >= 4 is 17.9 Å². The SMILES string of the molecule is O=Cc1ccc(OCC(=O)N2CCC[C@H]3CCCC[C@@H]32)c([N+](=O)[O-])c1. The van der Waals surface area contributed by atoms with Crippen LogP contribution in [0.4, 0.5) is 5.69 Å². The van der Waals surface area contributed by atoms with Crippen molar-refractivity contribution in [3.63, 3.8) is 0 Å². The molecule has 1 aromatic carbocycles. The number of hydrogen-bond acceptors (Lipinski definition) is 5. The van der Waals surface area contributed by atoms with E-state index in [0.717, 1.165) is 31.9 Å². The van der Waals surface area contributed by atoms with Gasteiger partial charge >= 0.3 is 5.69 Å². The standard InChI is InChI=1S/C18H22N2O5/c21-11-13-7-8-17(16(10-13)20(23)24)25-12-18(22)19-9-3-5-14-4-1-2-6-15(14)19/h7-8,10-11,14-15H,1-6,9,12H2/t14-,15+/m1/s1. The van der Waals surface area contributed by atoms with Gasteiger partial charge in [0, 0.05) is 24.2 Å². The van der Waals surface area contributed by atoms with Gasteiger partial charge in [-0.25, -0.2) is 0 Å². The van der Waals surface area contributed by atoms with Crippen LogP contribution in [0.2, 0.25) is 0 Å². The Hall–Kier alpha value is -2.44. The number of amides is 1. The normalized spacial score (nSPS) is 22.8. The van der Waals surface area contributed by atoms with Crippen molar-refractivity contribution in [1.29, 1.82) is 0 Å². The summed E-state index contributed by atoms with van der Waals surface area (Å²) in [6.45, 7) is 0.514. The van der Waals surface area contributed by atoms with Crippen molar-refractivity contribution in [3.05, 3.63) is 33.9 Å². The number of hydrogen-bond donors (Lipinski definition) is 0. The van der Waals surface area contributed by atoms with E-state index >= 15 is 0 Å². The lowest BCUT2D eigenvalue weighted by molar-refractivity contribution is -0.385. The van der Waals surface area contributed by atoms with E-state index in [2.05, 4.69) is 0 Å². The Balaban J connectivity index is 1.67. The fourth-order valence-corrected chi connectivity index (χ4v) is 4.03. The highest BCUT2D eigenvalue weighted by Crippen LogP contribution is 2.35. The Morgan fingerprint density at radius 2 is 2.04 bits per heavy atom. The lowest BCUT2D eigenvalue weighted by atomic mass is 9.78. The van der Waals surface area contributed by atoms with Crippen LogP contribution in [0.5, 0.6) is 5.75 Å². The van der Waals surface area contributed by atoms with E-state index in [0.29, 0.717) is 12.2 Å². The van der Waals surface area contributed by atoms with E-state index in [1.807, 2.05) is 4.90 Å². The molecule has 0 unspecified atom stereocenters. The molecule has 1 aliphatic heterocycles. The molecule has 7 nitrogen and oxygen atoms in total. The highest BCUT2D eigenvalue weighted by atomic mass is 16.6. The summed E-state index contributed by atoms with van der Waals surface area (Å²) in [7, 11) is 0. The molecule has 1 saturated carbocycles. The summed E-state index contributed by atoms with van der Waals surface area (Å²) in [5.41, 5.74) is -0.0990. The maximum Gasteiger partial charge on any atom is 0.311 e. The van der Waals surface area contributed by atoms with Gasteiger partial charge in [0.2, 0.25) is 0 Å². The number of ether oxygens (including phenoxy) is 1.